The number of fused-ring (bicyclic) bond motifs is 3. The van der Waals surface area contributed by atoms with Crippen molar-refractivity contribution in [2.24, 2.45) is 29.1 Å². The molecule has 3 aliphatic rings. The molecule has 6 atom stereocenters. The normalized spacial score (nSPS) is 31.8. The minimum atomic E-state index is 0.237. The van der Waals surface area contributed by atoms with Crippen molar-refractivity contribution in [3.05, 3.63) is 48.6 Å². The monoisotopic (exact) mass is 474 g/mol. The Kier molecular flexibility index (Phi) is 4.79. The predicted molar refractivity (Wildman–Crippen MR) is 125 cm³/mol. The lowest BCUT2D eigenvalue weighted by Crippen LogP contribution is -2.32. The third-order valence-electron chi connectivity index (χ3n) is 9.31. The van der Waals surface area contributed by atoms with E-state index in [2.05, 4.69) is 34.2 Å². The maximum Gasteiger partial charge on any atom is 0.283 e. The van der Waals surface area contributed by atoms with Gasteiger partial charge >= 0.3 is 0 Å². The van der Waals surface area contributed by atoms with Crippen molar-refractivity contribution in [1.82, 2.24) is 20.4 Å². The van der Waals surface area contributed by atoms with E-state index in [1.165, 1.54) is 12.8 Å². The van der Waals surface area contributed by atoms with Crippen molar-refractivity contribution in [3.63, 3.8) is 0 Å². The summed E-state index contributed by atoms with van der Waals surface area (Å²) in [6.45, 7) is 4.95. The summed E-state index contributed by atoms with van der Waals surface area (Å²) in [6, 6.07) is 7.39. The summed E-state index contributed by atoms with van der Waals surface area (Å²) in [6.07, 6.45) is 10.2. The Hall–Kier alpha value is -3.16. The Labute approximate surface area is 203 Å². The lowest BCUT2D eigenvalue weighted by atomic mass is 9.65. The van der Waals surface area contributed by atoms with Crippen molar-refractivity contribution in [3.8, 4) is 23.3 Å². The molecule has 0 aliphatic heterocycles. The van der Waals surface area contributed by atoms with Crippen LogP contribution in [0.1, 0.15) is 76.0 Å². The fourth-order valence-corrected chi connectivity index (χ4v) is 7.65. The fourth-order valence-electron chi connectivity index (χ4n) is 7.65. The molecule has 8 nitrogen and oxygen atoms in total. The highest BCUT2D eigenvalue weighted by molar-refractivity contribution is 5.43. The second-order valence-corrected chi connectivity index (χ2v) is 11.2. The molecule has 3 fully saturated rings. The second-order valence-electron chi connectivity index (χ2n) is 11.2. The molecular formula is C27H30N4O4. The molecule has 8 heteroatoms. The quantitative estimate of drug-likeness (QED) is 0.321. The van der Waals surface area contributed by atoms with Crippen LogP contribution in [0.25, 0.3) is 23.3 Å². The summed E-state index contributed by atoms with van der Waals surface area (Å²) < 4.78 is 23.0. The van der Waals surface area contributed by atoms with Gasteiger partial charge in [-0.3, -0.25) is 0 Å². The first-order chi connectivity index (χ1) is 17.1. The van der Waals surface area contributed by atoms with E-state index in [0.29, 0.717) is 47.0 Å². The Morgan fingerprint density at radius 3 is 1.60 bits per heavy atom. The number of hydrogen-bond donors (Lipinski definition) is 0. The first-order valence-electron chi connectivity index (χ1n) is 12.8. The van der Waals surface area contributed by atoms with E-state index < -0.39 is 0 Å². The maximum atomic E-state index is 6.06. The first-order valence-corrected chi connectivity index (χ1v) is 12.8. The Morgan fingerprint density at radius 2 is 1.17 bits per heavy atom. The van der Waals surface area contributed by atoms with E-state index >= 15 is 0 Å². The van der Waals surface area contributed by atoms with Crippen molar-refractivity contribution < 1.29 is 17.7 Å². The van der Waals surface area contributed by atoms with Crippen LogP contribution in [0.2, 0.25) is 0 Å². The zero-order valence-electron chi connectivity index (χ0n) is 20.1. The molecule has 3 saturated carbocycles. The molecule has 6 unspecified atom stereocenters. The van der Waals surface area contributed by atoms with Crippen LogP contribution in [-0.2, 0) is 0 Å². The van der Waals surface area contributed by atoms with Gasteiger partial charge < -0.3 is 17.7 Å². The van der Waals surface area contributed by atoms with Gasteiger partial charge in [-0.2, -0.15) is 0 Å². The number of aromatic nitrogens is 4. The fraction of sp³-hybridized carbons (Fsp3) is 0.556. The average molecular weight is 475 g/mol. The highest BCUT2D eigenvalue weighted by Crippen LogP contribution is 2.65. The van der Waals surface area contributed by atoms with Gasteiger partial charge in [0.25, 0.3) is 11.8 Å². The van der Waals surface area contributed by atoms with E-state index in [-0.39, 0.29) is 5.41 Å². The molecule has 0 radical (unpaired) electrons. The first kappa shape index (κ1) is 21.1. The molecule has 0 amide bonds. The van der Waals surface area contributed by atoms with Gasteiger partial charge in [0.05, 0.1) is 12.5 Å². The van der Waals surface area contributed by atoms with Crippen LogP contribution < -0.4 is 0 Å². The molecule has 4 heterocycles. The van der Waals surface area contributed by atoms with E-state index in [9.17, 15) is 0 Å². The topological polar surface area (TPSA) is 104 Å². The predicted octanol–water partition coefficient (Wildman–Crippen LogP) is 6.71. The average Bonchev–Trinajstić information content (AvgIpc) is 3.70. The minimum Gasteiger partial charge on any atom is -0.459 e. The third-order valence-corrected chi connectivity index (χ3v) is 9.31. The molecule has 4 aromatic rings. The standard InChI is InChI=1S/C27H30N4O4/c1-27(2)19-13-15(23-28-30-25(34-23)21-5-3-11-32-21)7-9-17(19)18-10-8-16(14-20(18)27)24-29-31-26(35-24)22-6-4-12-33-22/h3-6,11-12,15-20H,7-10,13-14H2,1-2H3. The Bertz CT molecular complexity index is 1190. The largest absolute Gasteiger partial charge is 0.459 e. The summed E-state index contributed by atoms with van der Waals surface area (Å²) in [4.78, 5) is 0. The maximum absolute atomic E-state index is 6.06. The molecule has 0 aromatic carbocycles. The Balaban J connectivity index is 1.09. The van der Waals surface area contributed by atoms with E-state index in [4.69, 9.17) is 17.7 Å². The third kappa shape index (κ3) is 3.40. The molecule has 0 N–H and O–H groups in total. The van der Waals surface area contributed by atoms with Crippen LogP contribution >= 0.6 is 0 Å². The van der Waals surface area contributed by atoms with E-state index in [1.54, 1.807) is 12.5 Å². The van der Waals surface area contributed by atoms with Gasteiger partial charge in [0.2, 0.25) is 11.8 Å². The molecule has 4 aromatic heterocycles. The SMILES string of the molecule is CC1(C)C2CC(c3nnc(-c4ccco4)o3)CCC2C2CCC(c3nnc(-c4ccco4)o3)CC21. The van der Waals surface area contributed by atoms with Crippen LogP contribution in [-0.4, -0.2) is 20.4 Å². The summed E-state index contributed by atoms with van der Waals surface area (Å²) >= 11 is 0. The second kappa shape index (κ2) is 7.93. The van der Waals surface area contributed by atoms with Gasteiger partial charge in [0.15, 0.2) is 11.5 Å². The summed E-state index contributed by atoms with van der Waals surface area (Å²) in [5.41, 5.74) is 0.237. The van der Waals surface area contributed by atoms with Crippen LogP contribution in [0.3, 0.4) is 0 Å². The van der Waals surface area contributed by atoms with Gasteiger partial charge in [-0.15, -0.1) is 20.4 Å². The molecule has 35 heavy (non-hydrogen) atoms. The molecule has 3 aliphatic carbocycles. The zero-order valence-corrected chi connectivity index (χ0v) is 20.1. The Morgan fingerprint density at radius 1 is 0.686 bits per heavy atom. The minimum absolute atomic E-state index is 0.237. The molecule has 0 saturated heterocycles. The molecule has 0 spiro atoms. The van der Waals surface area contributed by atoms with Crippen molar-refractivity contribution in [2.45, 2.75) is 64.2 Å². The van der Waals surface area contributed by atoms with Crippen molar-refractivity contribution in [2.75, 3.05) is 0 Å². The highest BCUT2D eigenvalue weighted by atomic mass is 16.4. The van der Waals surface area contributed by atoms with Gasteiger partial charge in [-0.05, 0) is 91.9 Å². The molecule has 0 bridgehead atoms. The van der Waals surface area contributed by atoms with E-state index in [0.717, 1.165) is 49.3 Å². The molecule has 182 valence electrons. The number of rotatable bonds is 4. The smallest absolute Gasteiger partial charge is 0.283 e. The number of furan rings is 2. The van der Waals surface area contributed by atoms with Crippen molar-refractivity contribution in [1.29, 1.82) is 0 Å². The van der Waals surface area contributed by atoms with Crippen LogP contribution in [0.4, 0.5) is 0 Å². The van der Waals surface area contributed by atoms with Crippen LogP contribution in [0.5, 0.6) is 0 Å². The highest BCUT2D eigenvalue weighted by Gasteiger charge is 2.58. The van der Waals surface area contributed by atoms with Gasteiger partial charge in [-0.25, -0.2) is 0 Å². The van der Waals surface area contributed by atoms with Crippen LogP contribution in [0, 0.1) is 29.1 Å². The summed E-state index contributed by atoms with van der Waals surface area (Å²) in [5.74, 6) is 7.19. The summed E-state index contributed by atoms with van der Waals surface area (Å²) in [5, 5.41) is 17.3. The number of nitrogens with zero attached hydrogens (tertiary/aromatic N) is 4. The summed E-state index contributed by atoms with van der Waals surface area (Å²) in [7, 11) is 0. The molecule has 7 rings (SSSR count). The van der Waals surface area contributed by atoms with E-state index in [1.807, 2.05) is 24.3 Å². The molecular weight excluding hydrogens is 444 g/mol. The van der Waals surface area contributed by atoms with Gasteiger partial charge in [0, 0.05) is 11.8 Å². The lowest BCUT2D eigenvalue weighted by molar-refractivity contribution is 0.105. The van der Waals surface area contributed by atoms with Crippen molar-refractivity contribution >= 4 is 0 Å². The van der Waals surface area contributed by atoms with Crippen LogP contribution in [0.15, 0.2) is 54.5 Å². The van der Waals surface area contributed by atoms with Gasteiger partial charge in [-0.1, -0.05) is 13.8 Å². The van der Waals surface area contributed by atoms with Gasteiger partial charge in [0.1, 0.15) is 0 Å². The zero-order chi connectivity index (χ0) is 23.6. The number of hydrogen-bond acceptors (Lipinski definition) is 8. The lowest BCUT2D eigenvalue weighted by Gasteiger charge is -2.39.